The summed E-state index contributed by atoms with van der Waals surface area (Å²) in [6.07, 6.45) is 5.33. The minimum Gasteiger partial charge on any atom is -0.462 e. The lowest BCUT2D eigenvalue weighted by molar-refractivity contribution is 0.0527. The number of carbonyl (C=O) groups is 1. The number of anilines is 1. The fourth-order valence-electron chi connectivity index (χ4n) is 1.25. The number of hydrogen-bond donors (Lipinski definition) is 2. The van der Waals surface area contributed by atoms with E-state index in [-0.39, 0.29) is 5.97 Å². The second-order valence-corrected chi connectivity index (χ2v) is 3.21. The van der Waals surface area contributed by atoms with E-state index >= 15 is 0 Å². The van der Waals surface area contributed by atoms with Crippen LogP contribution in [0.1, 0.15) is 17.3 Å². The van der Waals surface area contributed by atoms with E-state index in [0.717, 1.165) is 0 Å². The third-order valence-electron chi connectivity index (χ3n) is 1.99. The maximum Gasteiger partial charge on any atom is 0.341 e. The summed E-state index contributed by atoms with van der Waals surface area (Å²) in [6, 6.07) is 3.38. The molecule has 92 valence electrons. The lowest BCUT2D eigenvalue weighted by Gasteiger charge is -2.08. The molecule has 17 heavy (non-hydrogen) atoms. The Kier molecular flexibility index (Phi) is 5.74. The third-order valence-corrected chi connectivity index (χ3v) is 1.99. The van der Waals surface area contributed by atoms with Crippen molar-refractivity contribution in [2.24, 2.45) is 5.73 Å². The first-order chi connectivity index (χ1) is 8.29. The van der Waals surface area contributed by atoms with Crippen LogP contribution in [0.5, 0.6) is 0 Å². The van der Waals surface area contributed by atoms with E-state index in [1.807, 2.05) is 12.2 Å². The number of rotatable bonds is 6. The number of nitrogens with one attached hydrogen (secondary N) is 1. The van der Waals surface area contributed by atoms with Crippen LogP contribution in [-0.4, -0.2) is 30.6 Å². The Labute approximate surface area is 101 Å². The Morgan fingerprint density at radius 2 is 2.41 bits per heavy atom. The molecule has 0 aromatic carbocycles. The monoisotopic (exact) mass is 235 g/mol. The van der Waals surface area contributed by atoms with Crippen molar-refractivity contribution in [3.63, 3.8) is 0 Å². The number of nitrogens with two attached hydrogens (primary N) is 1. The maximum absolute atomic E-state index is 11.6. The zero-order valence-corrected chi connectivity index (χ0v) is 9.85. The summed E-state index contributed by atoms with van der Waals surface area (Å²) in [7, 11) is 0. The van der Waals surface area contributed by atoms with Crippen LogP contribution < -0.4 is 11.1 Å². The molecule has 0 bridgehead atoms. The highest BCUT2D eigenvalue weighted by molar-refractivity contribution is 5.94. The van der Waals surface area contributed by atoms with Crippen molar-refractivity contribution in [2.75, 3.05) is 25.0 Å². The minimum absolute atomic E-state index is 0.347. The average molecular weight is 235 g/mol. The van der Waals surface area contributed by atoms with Gasteiger partial charge in [-0.3, -0.25) is 0 Å². The van der Waals surface area contributed by atoms with Gasteiger partial charge < -0.3 is 15.8 Å². The van der Waals surface area contributed by atoms with Crippen LogP contribution in [0.4, 0.5) is 5.82 Å². The number of ether oxygens (including phenoxy) is 1. The second kappa shape index (κ2) is 7.40. The topological polar surface area (TPSA) is 77.2 Å². The molecule has 5 nitrogen and oxygen atoms in total. The first kappa shape index (κ1) is 13.2. The average Bonchev–Trinajstić information content (AvgIpc) is 2.35. The second-order valence-electron chi connectivity index (χ2n) is 3.21. The Morgan fingerprint density at radius 3 is 3.12 bits per heavy atom. The van der Waals surface area contributed by atoms with Gasteiger partial charge >= 0.3 is 5.97 Å². The number of pyridine rings is 1. The van der Waals surface area contributed by atoms with Crippen molar-refractivity contribution in [3.05, 3.63) is 36.0 Å². The van der Waals surface area contributed by atoms with Crippen molar-refractivity contribution < 1.29 is 9.53 Å². The van der Waals surface area contributed by atoms with Crippen LogP contribution >= 0.6 is 0 Å². The van der Waals surface area contributed by atoms with Gasteiger partial charge in [0.25, 0.3) is 0 Å². The van der Waals surface area contributed by atoms with E-state index < -0.39 is 0 Å². The Balaban J connectivity index is 2.70. The Bertz CT molecular complexity index is 391. The Morgan fingerprint density at radius 1 is 1.59 bits per heavy atom. The highest BCUT2D eigenvalue weighted by Crippen LogP contribution is 2.12. The van der Waals surface area contributed by atoms with Crippen LogP contribution in [0.25, 0.3) is 0 Å². The lowest BCUT2D eigenvalue weighted by Crippen LogP contribution is -2.11. The van der Waals surface area contributed by atoms with Crippen LogP contribution in [0.15, 0.2) is 30.5 Å². The van der Waals surface area contributed by atoms with E-state index in [4.69, 9.17) is 10.5 Å². The van der Waals surface area contributed by atoms with Gasteiger partial charge in [0.05, 0.1) is 6.61 Å². The molecule has 0 aliphatic rings. The molecule has 1 rings (SSSR count). The predicted octanol–water partition coefficient (Wildman–Crippen LogP) is 1.19. The lowest BCUT2D eigenvalue weighted by atomic mass is 10.2. The van der Waals surface area contributed by atoms with Gasteiger partial charge in [-0.2, -0.15) is 0 Å². The normalized spacial score (nSPS) is 10.5. The summed E-state index contributed by atoms with van der Waals surface area (Å²) in [5.41, 5.74) is 5.76. The molecule has 0 aliphatic heterocycles. The summed E-state index contributed by atoms with van der Waals surface area (Å²) in [6.45, 7) is 3.18. The SMILES string of the molecule is CCOC(=O)c1cccnc1NC/C=C/CN. The fraction of sp³-hybridized carbons (Fsp3) is 0.333. The quantitative estimate of drug-likeness (QED) is 0.572. The smallest absolute Gasteiger partial charge is 0.341 e. The summed E-state index contributed by atoms with van der Waals surface area (Å²) in [5.74, 6) is 0.151. The van der Waals surface area contributed by atoms with Gasteiger partial charge in [0.1, 0.15) is 11.4 Å². The molecular formula is C12H17N3O2. The van der Waals surface area contributed by atoms with Crippen LogP contribution in [-0.2, 0) is 4.74 Å². The maximum atomic E-state index is 11.6. The molecule has 1 aromatic rings. The largest absolute Gasteiger partial charge is 0.462 e. The summed E-state index contributed by atoms with van der Waals surface area (Å²) < 4.78 is 4.94. The number of esters is 1. The van der Waals surface area contributed by atoms with Gasteiger partial charge in [-0.05, 0) is 19.1 Å². The van der Waals surface area contributed by atoms with Gasteiger partial charge in [-0.25, -0.2) is 9.78 Å². The predicted molar refractivity (Wildman–Crippen MR) is 66.9 cm³/mol. The van der Waals surface area contributed by atoms with Gasteiger partial charge in [-0.15, -0.1) is 0 Å². The number of nitrogens with zero attached hydrogens (tertiary/aromatic N) is 1. The number of carbonyl (C=O) groups excluding carboxylic acids is 1. The molecule has 0 radical (unpaired) electrons. The Hall–Kier alpha value is -1.88. The minimum atomic E-state index is -0.370. The van der Waals surface area contributed by atoms with Crippen LogP contribution in [0, 0.1) is 0 Å². The summed E-state index contributed by atoms with van der Waals surface area (Å²) >= 11 is 0. The molecule has 0 saturated carbocycles. The molecule has 5 heteroatoms. The van der Waals surface area contributed by atoms with Crippen molar-refractivity contribution in [3.8, 4) is 0 Å². The number of aromatic nitrogens is 1. The fourth-order valence-corrected chi connectivity index (χ4v) is 1.25. The van der Waals surface area contributed by atoms with E-state index in [2.05, 4.69) is 10.3 Å². The third kappa shape index (κ3) is 4.24. The molecule has 1 aromatic heterocycles. The standard InChI is InChI=1S/C12H17N3O2/c1-2-17-12(16)10-6-5-9-15-11(10)14-8-4-3-7-13/h3-6,9H,2,7-8,13H2,1H3,(H,14,15)/b4-3+. The molecule has 1 heterocycles. The van der Waals surface area contributed by atoms with Crippen molar-refractivity contribution >= 4 is 11.8 Å². The van der Waals surface area contributed by atoms with Crippen molar-refractivity contribution in [1.29, 1.82) is 0 Å². The van der Waals surface area contributed by atoms with E-state index in [1.165, 1.54) is 0 Å². The zero-order chi connectivity index (χ0) is 12.5. The molecular weight excluding hydrogens is 218 g/mol. The van der Waals surface area contributed by atoms with Gasteiger partial charge in [0.15, 0.2) is 0 Å². The number of hydrogen-bond acceptors (Lipinski definition) is 5. The molecule has 0 fully saturated rings. The van der Waals surface area contributed by atoms with Crippen LogP contribution in [0.2, 0.25) is 0 Å². The molecule has 0 unspecified atom stereocenters. The molecule has 0 amide bonds. The highest BCUT2D eigenvalue weighted by Gasteiger charge is 2.11. The van der Waals surface area contributed by atoms with Gasteiger partial charge in [0.2, 0.25) is 0 Å². The molecule has 0 saturated heterocycles. The van der Waals surface area contributed by atoms with E-state index in [1.54, 1.807) is 25.3 Å². The van der Waals surface area contributed by atoms with E-state index in [0.29, 0.717) is 31.1 Å². The molecule has 3 N–H and O–H groups in total. The summed E-state index contributed by atoms with van der Waals surface area (Å²) in [5, 5.41) is 3.03. The highest BCUT2D eigenvalue weighted by atomic mass is 16.5. The van der Waals surface area contributed by atoms with Crippen molar-refractivity contribution in [2.45, 2.75) is 6.92 Å². The summed E-state index contributed by atoms with van der Waals surface area (Å²) in [4.78, 5) is 15.7. The van der Waals surface area contributed by atoms with Gasteiger partial charge in [-0.1, -0.05) is 12.2 Å². The molecule has 0 spiro atoms. The first-order valence-electron chi connectivity index (χ1n) is 5.50. The van der Waals surface area contributed by atoms with E-state index in [9.17, 15) is 4.79 Å². The molecule has 0 atom stereocenters. The van der Waals surface area contributed by atoms with Crippen LogP contribution in [0.3, 0.4) is 0 Å². The molecule has 0 aliphatic carbocycles. The van der Waals surface area contributed by atoms with Gasteiger partial charge in [0, 0.05) is 19.3 Å². The van der Waals surface area contributed by atoms with Crippen molar-refractivity contribution in [1.82, 2.24) is 4.98 Å². The zero-order valence-electron chi connectivity index (χ0n) is 9.85. The first-order valence-corrected chi connectivity index (χ1v) is 5.50.